The van der Waals surface area contributed by atoms with Crippen LogP contribution in [0, 0.1) is 0 Å². The molecule has 4 heteroatoms. The fraction of sp³-hybridized carbons (Fsp3) is 0.889. The van der Waals surface area contributed by atoms with E-state index in [2.05, 4.69) is 4.90 Å². The lowest BCUT2D eigenvalue weighted by atomic mass is 10.0. The Morgan fingerprint density at radius 3 is 2.92 bits per heavy atom. The summed E-state index contributed by atoms with van der Waals surface area (Å²) in [5.41, 5.74) is 5.61. The molecule has 0 amide bonds. The molecule has 1 heterocycles. The van der Waals surface area contributed by atoms with Gasteiger partial charge in [0.1, 0.15) is 0 Å². The Morgan fingerprint density at radius 2 is 2.31 bits per heavy atom. The summed E-state index contributed by atoms with van der Waals surface area (Å²) in [5.74, 6) is -0.721. The summed E-state index contributed by atoms with van der Waals surface area (Å²) in [5, 5.41) is 8.55. The predicted octanol–water partition coefficient (Wildman–Crippen LogP) is 0.274. The van der Waals surface area contributed by atoms with Gasteiger partial charge in [0.05, 0.1) is 6.42 Å². The number of aliphatic carboxylic acids is 1. The number of carboxylic acids is 1. The van der Waals surface area contributed by atoms with Crippen molar-refractivity contribution in [2.24, 2.45) is 5.73 Å². The van der Waals surface area contributed by atoms with Crippen molar-refractivity contribution in [3.8, 4) is 0 Å². The Balaban J connectivity index is 2.31. The minimum absolute atomic E-state index is 0.233. The molecule has 4 nitrogen and oxygen atoms in total. The third-order valence-electron chi connectivity index (χ3n) is 2.63. The Labute approximate surface area is 78.7 Å². The highest BCUT2D eigenvalue weighted by Gasteiger charge is 2.20. The highest BCUT2D eigenvalue weighted by Crippen LogP contribution is 2.15. The van der Waals surface area contributed by atoms with Crippen LogP contribution in [0.3, 0.4) is 0 Å². The van der Waals surface area contributed by atoms with Gasteiger partial charge in [-0.3, -0.25) is 9.69 Å². The minimum atomic E-state index is -0.721. The molecule has 1 aliphatic heterocycles. The second-order valence-corrected chi connectivity index (χ2v) is 3.57. The van der Waals surface area contributed by atoms with Crippen molar-refractivity contribution < 1.29 is 9.90 Å². The largest absolute Gasteiger partial charge is 0.481 e. The molecule has 0 aliphatic carbocycles. The zero-order valence-electron chi connectivity index (χ0n) is 7.91. The Hall–Kier alpha value is -0.610. The molecule has 0 spiro atoms. The maximum Gasteiger partial charge on any atom is 0.304 e. The molecule has 1 atom stereocenters. The number of nitrogens with zero attached hydrogens (tertiary/aromatic N) is 1. The molecule has 1 aliphatic rings. The molecule has 0 aromatic heterocycles. The van der Waals surface area contributed by atoms with Gasteiger partial charge in [-0.05, 0) is 19.4 Å². The van der Waals surface area contributed by atoms with Crippen LogP contribution in [-0.2, 0) is 4.79 Å². The van der Waals surface area contributed by atoms with E-state index in [1.165, 1.54) is 12.8 Å². The molecule has 1 fully saturated rings. The van der Waals surface area contributed by atoms with Crippen molar-refractivity contribution >= 4 is 5.97 Å². The summed E-state index contributed by atoms with van der Waals surface area (Å²) in [6.07, 6.45) is 3.76. The van der Waals surface area contributed by atoms with E-state index >= 15 is 0 Å². The quantitative estimate of drug-likeness (QED) is 0.661. The summed E-state index contributed by atoms with van der Waals surface area (Å²) < 4.78 is 0. The monoisotopic (exact) mass is 186 g/mol. The SMILES string of the molecule is NC[C@H]1CCCCN1CCC(=O)O. The summed E-state index contributed by atoms with van der Waals surface area (Å²) in [4.78, 5) is 12.6. The first-order chi connectivity index (χ1) is 6.24. The van der Waals surface area contributed by atoms with E-state index in [1.54, 1.807) is 0 Å². The van der Waals surface area contributed by atoms with Crippen LogP contribution in [0.2, 0.25) is 0 Å². The van der Waals surface area contributed by atoms with Crippen molar-refractivity contribution in [2.45, 2.75) is 31.7 Å². The molecular weight excluding hydrogens is 168 g/mol. The van der Waals surface area contributed by atoms with Crippen molar-refractivity contribution in [3.63, 3.8) is 0 Å². The van der Waals surface area contributed by atoms with E-state index < -0.39 is 5.97 Å². The molecule has 0 aromatic carbocycles. The van der Waals surface area contributed by atoms with Gasteiger partial charge in [-0.15, -0.1) is 0 Å². The second kappa shape index (κ2) is 5.19. The van der Waals surface area contributed by atoms with Gasteiger partial charge in [0.25, 0.3) is 0 Å². The molecule has 0 aromatic rings. The van der Waals surface area contributed by atoms with Crippen LogP contribution in [0.1, 0.15) is 25.7 Å². The van der Waals surface area contributed by atoms with Crippen LogP contribution >= 0.6 is 0 Å². The van der Waals surface area contributed by atoms with E-state index in [0.29, 0.717) is 19.1 Å². The molecule has 0 saturated carbocycles. The summed E-state index contributed by atoms with van der Waals surface area (Å²) in [6, 6.07) is 0.410. The number of carboxylic acid groups (broad SMARTS) is 1. The van der Waals surface area contributed by atoms with Gasteiger partial charge in [-0.2, -0.15) is 0 Å². The first-order valence-electron chi connectivity index (χ1n) is 4.90. The number of piperidine rings is 1. The molecule has 0 bridgehead atoms. The van der Waals surface area contributed by atoms with Crippen LogP contribution in [-0.4, -0.2) is 41.7 Å². The third kappa shape index (κ3) is 3.32. The molecule has 0 radical (unpaired) electrons. The van der Waals surface area contributed by atoms with Crippen molar-refractivity contribution in [2.75, 3.05) is 19.6 Å². The Kier molecular flexibility index (Phi) is 4.18. The van der Waals surface area contributed by atoms with Crippen LogP contribution < -0.4 is 5.73 Å². The summed E-state index contributed by atoms with van der Waals surface area (Å²) in [7, 11) is 0. The number of hydrogen-bond acceptors (Lipinski definition) is 3. The van der Waals surface area contributed by atoms with Gasteiger partial charge in [0.15, 0.2) is 0 Å². The van der Waals surface area contributed by atoms with E-state index in [9.17, 15) is 4.79 Å². The van der Waals surface area contributed by atoms with Crippen LogP contribution in [0.4, 0.5) is 0 Å². The second-order valence-electron chi connectivity index (χ2n) is 3.57. The molecule has 0 unspecified atom stereocenters. The van der Waals surface area contributed by atoms with E-state index in [0.717, 1.165) is 13.0 Å². The first-order valence-corrected chi connectivity index (χ1v) is 4.90. The number of nitrogens with two attached hydrogens (primary N) is 1. The van der Waals surface area contributed by atoms with Crippen molar-refractivity contribution in [1.29, 1.82) is 0 Å². The Bertz CT molecular complexity index is 173. The van der Waals surface area contributed by atoms with Gasteiger partial charge in [-0.25, -0.2) is 0 Å². The number of rotatable bonds is 4. The minimum Gasteiger partial charge on any atom is -0.481 e. The highest BCUT2D eigenvalue weighted by atomic mass is 16.4. The average molecular weight is 186 g/mol. The smallest absolute Gasteiger partial charge is 0.304 e. The fourth-order valence-electron chi connectivity index (χ4n) is 1.86. The summed E-state index contributed by atoms with van der Waals surface area (Å²) >= 11 is 0. The van der Waals surface area contributed by atoms with Crippen LogP contribution in [0.5, 0.6) is 0 Å². The highest BCUT2D eigenvalue weighted by molar-refractivity contribution is 5.66. The fourth-order valence-corrected chi connectivity index (χ4v) is 1.86. The maximum atomic E-state index is 10.4. The number of hydrogen-bond donors (Lipinski definition) is 2. The van der Waals surface area contributed by atoms with Gasteiger partial charge >= 0.3 is 5.97 Å². The van der Waals surface area contributed by atoms with Crippen LogP contribution in [0.25, 0.3) is 0 Å². The molecule has 1 rings (SSSR count). The number of likely N-dealkylation sites (tertiary alicyclic amines) is 1. The Morgan fingerprint density at radius 1 is 1.54 bits per heavy atom. The maximum absolute atomic E-state index is 10.4. The average Bonchev–Trinajstić information content (AvgIpc) is 2.15. The topological polar surface area (TPSA) is 66.6 Å². The van der Waals surface area contributed by atoms with Gasteiger partial charge in [0, 0.05) is 19.1 Å². The molecule has 3 N–H and O–H groups in total. The van der Waals surface area contributed by atoms with Crippen LogP contribution in [0.15, 0.2) is 0 Å². The zero-order valence-corrected chi connectivity index (χ0v) is 7.91. The lowest BCUT2D eigenvalue weighted by Crippen LogP contribution is -2.44. The van der Waals surface area contributed by atoms with Crippen molar-refractivity contribution in [1.82, 2.24) is 4.90 Å². The lowest BCUT2D eigenvalue weighted by Gasteiger charge is -2.34. The molecule has 76 valence electrons. The number of carbonyl (C=O) groups is 1. The molecule has 1 saturated heterocycles. The van der Waals surface area contributed by atoms with Gasteiger partial charge < -0.3 is 10.8 Å². The zero-order chi connectivity index (χ0) is 9.68. The normalized spacial score (nSPS) is 24.5. The van der Waals surface area contributed by atoms with E-state index in [4.69, 9.17) is 10.8 Å². The van der Waals surface area contributed by atoms with Gasteiger partial charge in [0.2, 0.25) is 0 Å². The van der Waals surface area contributed by atoms with E-state index in [1.807, 2.05) is 0 Å². The van der Waals surface area contributed by atoms with E-state index in [-0.39, 0.29) is 6.42 Å². The van der Waals surface area contributed by atoms with Gasteiger partial charge in [-0.1, -0.05) is 6.42 Å². The standard InChI is InChI=1S/C9H18N2O2/c10-7-8-3-1-2-5-11(8)6-4-9(12)13/h8H,1-7,10H2,(H,12,13)/t8-/m1/s1. The molecular formula is C9H18N2O2. The third-order valence-corrected chi connectivity index (χ3v) is 2.63. The van der Waals surface area contributed by atoms with Crippen molar-refractivity contribution in [3.05, 3.63) is 0 Å². The lowest BCUT2D eigenvalue weighted by molar-refractivity contribution is -0.137. The predicted molar refractivity (Wildman–Crippen MR) is 50.5 cm³/mol. The summed E-state index contributed by atoms with van der Waals surface area (Å²) in [6.45, 7) is 2.31. The first kappa shape index (κ1) is 10.5. The molecule has 13 heavy (non-hydrogen) atoms.